The highest BCUT2D eigenvalue weighted by molar-refractivity contribution is 5.31. The molecule has 0 radical (unpaired) electrons. The first-order chi connectivity index (χ1) is 10.2. The fraction of sp³-hybridized carbons (Fsp3) is 0.412. The van der Waals surface area contributed by atoms with Crippen LogP contribution in [0.4, 0.5) is 0 Å². The van der Waals surface area contributed by atoms with E-state index in [-0.39, 0.29) is 0 Å². The molecule has 0 unspecified atom stereocenters. The lowest BCUT2D eigenvalue weighted by molar-refractivity contribution is 0.298. The number of benzene rings is 1. The fourth-order valence-electron chi connectivity index (χ4n) is 2.00. The molecule has 0 aliphatic heterocycles. The zero-order valence-electron chi connectivity index (χ0n) is 13.0. The Bertz CT molecular complexity index is 532. The van der Waals surface area contributed by atoms with Gasteiger partial charge in [0.2, 0.25) is 0 Å². The van der Waals surface area contributed by atoms with Crippen LogP contribution in [-0.2, 0) is 13.1 Å². The van der Waals surface area contributed by atoms with Gasteiger partial charge in [0.25, 0.3) is 0 Å². The van der Waals surface area contributed by atoms with Crippen molar-refractivity contribution in [2.75, 3.05) is 13.7 Å². The molecule has 0 fully saturated rings. The first kappa shape index (κ1) is 15.4. The molecule has 0 bridgehead atoms. The molecule has 1 heterocycles. The van der Waals surface area contributed by atoms with E-state index in [0.29, 0.717) is 12.6 Å². The van der Waals surface area contributed by atoms with Crippen LogP contribution in [0.15, 0.2) is 42.7 Å². The number of nitrogens with zero attached hydrogens (tertiary/aromatic N) is 1. The largest absolute Gasteiger partial charge is 0.497 e. The summed E-state index contributed by atoms with van der Waals surface area (Å²) in [6.45, 7) is 6.70. The predicted octanol–water partition coefficient (Wildman–Crippen LogP) is 3.07. The number of ether oxygens (including phenoxy) is 2. The molecule has 2 aromatic rings. The Morgan fingerprint density at radius 2 is 1.81 bits per heavy atom. The van der Waals surface area contributed by atoms with E-state index in [2.05, 4.69) is 42.2 Å². The minimum atomic E-state index is 0.506. The lowest BCUT2D eigenvalue weighted by atomic mass is 10.3. The van der Waals surface area contributed by atoms with Crippen molar-refractivity contribution in [1.82, 2.24) is 9.88 Å². The van der Waals surface area contributed by atoms with Crippen LogP contribution in [0.3, 0.4) is 0 Å². The van der Waals surface area contributed by atoms with Crippen molar-refractivity contribution >= 4 is 0 Å². The second-order valence-corrected chi connectivity index (χ2v) is 5.32. The van der Waals surface area contributed by atoms with Gasteiger partial charge < -0.3 is 19.4 Å². The van der Waals surface area contributed by atoms with E-state index in [1.54, 1.807) is 7.11 Å². The van der Waals surface area contributed by atoms with Gasteiger partial charge in [0, 0.05) is 25.0 Å². The minimum Gasteiger partial charge on any atom is -0.497 e. The molecule has 4 heteroatoms. The third-order valence-electron chi connectivity index (χ3n) is 3.20. The normalized spacial score (nSPS) is 10.9. The Labute approximate surface area is 126 Å². The van der Waals surface area contributed by atoms with Crippen LogP contribution in [0.2, 0.25) is 0 Å². The van der Waals surface area contributed by atoms with Gasteiger partial charge in [-0.05, 0) is 35.9 Å². The van der Waals surface area contributed by atoms with Crippen LogP contribution in [0.25, 0.3) is 0 Å². The van der Waals surface area contributed by atoms with E-state index in [1.807, 2.05) is 24.3 Å². The van der Waals surface area contributed by atoms with Crippen molar-refractivity contribution in [2.24, 2.45) is 0 Å². The van der Waals surface area contributed by atoms with Crippen LogP contribution in [-0.4, -0.2) is 24.3 Å². The molecule has 0 saturated heterocycles. The second kappa shape index (κ2) is 7.74. The summed E-state index contributed by atoms with van der Waals surface area (Å²) in [5.74, 6) is 1.71. The average Bonchev–Trinajstić information content (AvgIpc) is 2.94. The molecule has 1 aromatic carbocycles. The first-order valence-electron chi connectivity index (χ1n) is 7.32. The average molecular weight is 288 g/mol. The third-order valence-corrected chi connectivity index (χ3v) is 3.20. The van der Waals surface area contributed by atoms with Crippen molar-refractivity contribution in [1.29, 1.82) is 0 Å². The molecule has 0 atom stereocenters. The maximum atomic E-state index is 5.72. The third kappa shape index (κ3) is 5.16. The summed E-state index contributed by atoms with van der Waals surface area (Å²) in [4.78, 5) is 0. The summed E-state index contributed by atoms with van der Waals surface area (Å²) in [5.41, 5.74) is 1.30. The molecule has 0 spiro atoms. The van der Waals surface area contributed by atoms with Crippen molar-refractivity contribution in [2.45, 2.75) is 33.0 Å². The Hall–Kier alpha value is -1.94. The smallest absolute Gasteiger partial charge is 0.119 e. The van der Waals surface area contributed by atoms with Gasteiger partial charge in [-0.15, -0.1) is 0 Å². The van der Waals surface area contributed by atoms with Gasteiger partial charge in [-0.25, -0.2) is 0 Å². The highest BCUT2D eigenvalue weighted by Crippen LogP contribution is 2.16. The molecule has 2 rings (SSSR count). The molecule has 1 N–H and O–H groups in total. The molecule has 0 aliphatic rings. The number of nitrogens with one attached hydrogen (secondary N) is 1. The molecular weight excluding hydrogens is 264 g/mol. The van der Waals surface area contributed by atoms with E-state index in [0.717, 1.165) is 24.6 Å². The maximum Gasteiger partial charge on any atom is 0.119 e. The van der Waals surface area contributed by atoms with Crippen molar-refractivity contribution in [3.8, 4) is 11.5 Å². The Morgan fingerprint density at radius 1 is 1.10 bits per heavy atom. The maximum absolute atomic E-state index is 5.72. The summed E-state index contributed by atoms with van der Waals surface area (Å²) in [6.07, 6.45) is 4.25. The van der Waals surface area contributed by atoms with Crippen LogP contribution in [0.5, 0.6) is 11.5 Å². The Balaban J connectivity index is 1.75. The summed E-state index contributed by atoms with van der Waals surface area (Å²) in [5, 5.41) is 3.41. The summed E-state index contributed by atoms with van der Waals surface area (Å²) in [6, 6.07) is 10.3. The standard InChI is InChI=1S/C17H24N2O2/c1-14(2)18-12-15-8-9-19(13-15)10-11-21-17-6-4-16(20-3)5-7-17/h4-9,13-14,18H,10-12H2,1-3H3. The van der Waals surface area contributed by atoms with Crippen LogP contribution >= 0.6 is 0 Å². The van der Waals surface area contributed by atoms with Crippen molar-refractivity contribution in [3.05, 3.63) is 48.3 Å². The van der Waals surface area contributed by atoms with Crippen LogP contribution < -0.4 is 14.8 Å². The van der Waals surface area contributed by atoms with E-state index in [1.165, 1.54) is 5.56 Å². The van der Waals surface area contributed by atoms with E-state index in [4.69, 9.17) is 9.47 Å². The minimum absolute atomic E-state index is 0.506. The van der Waals surface area contributed by atoms with E-state index < -0.39 is 0 Å². The van der Waals surface area contributed by atoms with Gasteiger partial charge in [0.15, 0.2) is 0 Å². The van der Waals surface area contributed by atoms with Crippen LogP contribution in [0.1, 0.15) is 19.4 Å². The summed E-state index contributed by atoms with van der Waals surface area (Å²) >= 11 is 0. The van der Waals surface area contributed by atoms with Crippen molar-refractivity contribution < 1.29 is 9.47 Å². The lowest BCUT2D eigenvalue weighted by Crippen LogP contribution is -2.21. The zero-order chi connectivity index (χ0) is 15.1. The summed E-state index contributed by atoms with van der Waals surface area (Å²) in [7, 11) is 1.66. The van der Waals surface area contributed by atoms with Crippen LogP contribution in [0, 0.1) is 0 Å². The van der Waals surface area contributed by atoms with Gasteiger partial charge >= 0.3 is 0 Å². The van der Waals surface area contributed by atoms with Gasteiger partial charge in [-0.1, -0.05) is 13.8 Å². The lowest BCUT2D eigenvalue weighted by Gasteiger charge is -2.08. The van der Waals surface area contributed by atoms with Gasteiger partial charge in [0.1, 0.15) is 18.1 Å². The second-order valence-electron chi connectivity index (χ2n) is 5.32. The first-order valence-corrected chi connectivity index (χ1v) is 7.32. The monoisotopic (exact) mass is 288 g/mol. The number of rotatable bonds is 8. The number of aromatic nitrogens is 1. The molecular formula is C17H24N2O2. The topological polar surface area (TPSA) is 35.4 Å². The molecule has 1 aromatic heterocycles. The SMILES string of the molecule is COc1ccc(OCCn2ccc(CNC(C)C)c2)cc1. The number of hydrogen-bond donors (Lipinski definition) is 1. The quantitative estimate of drug-likeness (QED) is 0.811. The molecule has 4 nitrogen and oxygen atoms in total. The fourth-order valence-corrected chi connectivity index (χ4v) is 2.00. The van der Waals surface area contributed by atoms with Gasteiger partial charge in [0.05, 0.1) is 13.7 Å². The number of hydrogen-bond acceptors (Lipinski definition) is 3. The van der Waals surface area contributed by atoms with Crippen molar-refractivity contribution in [3.63, 3.8) is 0 Å². The Kier molecular flexibility index (Phi) is 5.69. The molecule has 114 valence electrons. The van der Waals surface area contributed by atoms with Gasteiger partial charge in [-0.2, -0.15) is 0 Å². The molecule has 0 amide bonds. The predicted molar refractivity (Wildman–Crippen MR) is 84.9 cm³/mol. The summed E-state index contributed by atoms with van der Waals surface area (Å²) < 4.78 is 13.0. The Morgan fingerprint density at radius 3 is 2.48 bits per heavy atom. The highest BCUT2D eigenvalue weighted by atomic mass is 16.5. The molecule has 0 aliphatic carbocycles. The zero-order valence-corrected chi connectivity index (χ0v) is 13.0. The molecule has 0 saturated carbocycles. The van der Waals surface area contributed by atoms with E-state index in [9.17, 15) is 0 Å². The molecule has 21 heavy (non-hydrogen) atoms. The van der Waals surface area contributed by atoms with Gasteiger partial charge in [-0.3, -0.25) is 0 Å². The van der Waals surface area contributed by atoms with E-state index >= 15 is 0 Å². The number of methoxy groups -OCH3 is 1. The highest BCUT2D eigenvalue weighted by Gasteiger charge is 1.99.